The molecule has 1 fully saturated rings. The van der Waals surface area contributed by atoms with Gasteiger partial charge in [0, 0.05) is 19.0 Å². The Balaban J connectivity index is 1.98. The Morgan fingerprint density at radius 2 is 1.83 bits per heavy atom. The topological polar surface area (TPSA) is 69.6 Å². The molecule has 1 aromatic carbocycles. The highest BCUT2D eigenvalue weighted by molar-refractivity contribution is 5.89. The molecule has 24 heavy (non-hydrogen) atoms. The lowest BCUT2D eigenvalue weighted by atomic mass is 10.0. The zero-order valence-corrected chi connectivity index (χ0v) is 15.0. The maximum atomic E-state index is 12.7. The van der Waals surface area contributed by atoms with E-state index in [-0.39, 0.29) is 23.8 Å². The molecule has 0 saturated heterocycles. The largest absolute Gasteiger partial charge is 0.391 e. The Hall–Kier alpha value is -1.88. The molecule has 0 spiro atoms. The van der Waals surface area contributed by atoms with E-state index in [1.807, 2.05) is 13.8 Å². The number of nitrogens with zero attached hydrogens (tertiary/aromatic N) is 1. The van der Waals surface area contributed by atoms with Crippen molar-refractivity contribution in [2.45, 2.75) is 58.2 Å². The first-order valence-corrected chi connectivity index (χ1v) is 8.60. The Labute approximate surface area is 144 Å². The molecule has 0 radical (unpaired) electrons. The van der Waals surface area contributed by atoms with E-state index in [0.717, 1.165) is 24.8 Å². The highest BCUT2D eigenvalue weighted by Crippen LogP contribution is 2.29. The van der Waals surface area contributed by atoms with Crippen LogP contribution in [-0.2, 0) is 16.0 Å². The molecule has 1 aliphatic rings. The van der Waals surface area contributed by atoms with Gasteiger partial charge in [0.05, 0.1) is 6.10 Å². The average molecular weight is 332 g/mol. The second-order valence-corrected chi connectivity index (χ2v) is 6.99. The maximum Gasteiger partial charge on any atom is 0.247 e. The lowest BCUT2D eigenvalue weighted by Gasteiger charge is -2.31. The van der Waals surface area contributed by atoms with E-state index in [1.54, 1.807) is 11.9 Å². The summed E-state index contributed by atoms with van der Waals surface area (Å²) in [6.45, 7) is 5.55. The van der Waals surface area contributed by atoms with Gasteiger partial charge in [0.2, 0.25) is 11.8 Å². The van der Waals surface area contributed by atoms with Gasteiger partial charge in [-0.2, -0.15) is 0 Å². The normalized spacial score (nSPS) is 17.7. The zero-order chi connectivity index (χ0) is 17.9. The minimum atomic E-state index is -0.922. The van der Waals surface area contributed by atoms with Gasteiger partial charge in [-0.05, 0) is 45.6 Å². The Morgan fingerprint density at radius 3 is 2.33 bits per heavy atom. The summed E-state index contributed by atoms with van der Waals surface area (Å²) in [4.78, 5) is 26.3. The summed E-state index contributed by atoms with van der Waals surface area (Å²) in [6, 6.07) is 7.32. The Morgan fingerprint density at radius 1 is 1.25 bits per heavy atom. The summed E-state index contributed by atoms with van der Waals surface area (Å²) >= 11 is 0. The fourth-order valence-electron chi connectivity index (χ4n) is 2.64. The van der Waals surface area contributed by atoms with Crippen LogP contribution in [0.1, 0.15) is 37.8 Å². The number of amides is 2. The molecule has 2 rings (SSSR count). The smallest absolute Gasteiger partial charge is 0.247 e. The highest BCUT2D eigenvalue weighted by Gasteiger charge is 2.35. The van der Waals surface area contributed by atoms with Crippen LogP contribution >= 0.6 is 0 Å². The molecular formula is C19H28N2O3. The number of likely N-dealkylation sites (N-methyl/N-ethyl adjacent to an activating group) is 1. The van der Waals surface area contributed by atoms with Gasteiger partial charge in [-0.1, -0.05) is 29.8 Å². The number of aliphatic hydroxyl groups excluding tert-OH is 1. The number of hydrogen-bond donors (Lipinski definition) is 2. The first-order valence-electron chi connectivity index (χ1n) is 8.60. The molecule has 0 aromatic heterocycles. The van der Waals surface area contributed by atoms with Crippen molar-refractivity contribution in [2.24, 2.45) is 5.92 Å². The van der Waals surface area contributed by atoms with E-state index in [9.17, 15) is 14.7 Å². The third-order valence-electron chi connectivity index (χ3n) is 4.65. The molecule has 132 valence electrons. The minimum absolute atomic E-state index is 0.00865. The van der Waals surface area contributed by atoms with Crippen molar-refractivity contribution in [3.05, 3.63) is 35.4 Å². The monoisotopic (exact) mass is 332 g/mol. The average Bonchev–Trinajstić information content (AvgIpc) is 3.37. The number of benzene rings is 1. The van der Waals surface area contributed by atoms with Crippen LogP contribution in [0.4, 0.5) is 0 Å². The summed E-state index contributed by atoms with van der Waals surface area (Å²) in [5.41, 5.74) is 2.36. The van der Waals surface area contributed by atoms with Gasteiger partial charge in [0.15, 0.2) is 0 Å². The number of nitrogens with one attached hydrogen (secondary N) is 1. The molecule has 2 amide bonds. The number of carbonyl (C=O) groups excluding carboxylic acids is 2. The first kappa shape index (κ1) is 18.5. The van der Waals surface area contributed by atoms with Crippen LogP contribution in [0, 0.1) is 12.8 Å². The van der Waals surface area contributed by atoms with Crippen molar-refractivity contribution in [3.63, 3.8) is 0 Å². The third-order valence-corrected chi connectivity index (χ3v) is 4.65. The SMILES string of the molecule is Cc1ccc(CC(C)N(C)C(=O)C(NC(=O)C2CC2)C(C)O)cc1. The van der Waals surface area contributed by atoms with Crippen LogP contribution in [0.25, 0.3) is 0 Å². The van der Waals surface area contributed by atoms with Gasteiger partial charge in [-0.25, -0.2) is 0 Å². The van der Waals surface area contributed by atoms with Crippen LogP contribution < -0.4 is 5.32 Å². The molecule has 0 heterocycles. The predicted molar refractivity (Wildman–Crippen MR) is 93.5 cm³/mol. The van der Waals surface area contributed by atoms with Gasteiger partial charge in [0.1, 0.15) is 6.04 Å². The molecule has 1 saturated carbocycles. The summed E-state index contributed by atoms with van der Waals surface area (Å²) in [5, 5.41) is 12.6. The van der Waals surface area contributed by atoms with Crippen molar-refractivity contribution < 1.29 is 14.7 Å². The zero-order valence-electron chi connectivity index (χ0n) is 15.0. The van der Waals surface area contributed by atoms with E-state index in [4.69, 9.17) is 0 Å². The van der Waals surface area contributed by atoms with Gasteiger partial charge in [-0.3, -0.25) is 9.59 Å². The first-order chi connectivity index (χ1) is 11.3. The summed E-state index contributed by atoms with van der Waals surface area (Å²) in [5.74, 6) is -0.373. The molecule has 1 aromatic rings. The van der Waals surface area contributed by atoms with E-state index in [1.165, 1.54) is 12.5 Å². The van der Waals surface area contributed by atoms with Gasteiger partial charge >= 0.3 is 0 Å². The van der Waals surface area contributed by atoms with Crippen LogP contribution in [0.5, 0.6) is 0 Å². The second kappa shape index (κ2) is 7.79. The van der Waals surface area contributed by atoms with Gasteiger partial charge in [0.25, 0.3) is 0 Å². The predicted octanol–water partition coefficient (Wildman–Crippen LogP) is 1.66. The Bertz CT molecular complexity index is 579. The fraction of sp³-hybridized carbons (Fsp3) is 0.579. The summed E-state index contributed by atoms with van der Waals surface area (Å²) in [7, 11) is 1.72. The van der Waals surface area contributed by atoms with Crippen molar-refractivity contribution in [3.8, 4) is 0 Å². The fourth-order valence-corrected chi connectivity index (χ4v) is 2.64. The van der Waals surface area contributed by atoms with Gasteiger partial charge < -0.3 is 15.3 Å². The maximum absolute atomic E-state index is 12.7. The van der Waals surface area contributed by atoms with E-state index in [2.05, 4.69) is 29.6 Å². The molecule has 1 aliphatic carbocycles. The minimum Gasteiger partial charge on any atom is -0.391 e. The summed E-state index contributed by atoms with van der Waals surface area (Å²) in [6.07, 6.45) is 1.54. The molecule has 3 atom stereocenters. The highest BCUT2D eigenvalue weighted by atomic mass is 16.3. The lowest BCUT2D eigenvalue weighted by Crippen LogP contribution is -2.55. The van der Waals surface area contributed by atoms with Crippen LogP contribution in [0.15, 0.2) is 24.3 Å². The summed E-state index contributed by atoms with van der Waals surface area (Å²) < 4.78 is 0. The molecule has 5 nitrogen and oxygen atoms in total. The van der Waals surface area contributed by atoms with Crippen LogP contribution in [0.3, 0.4) is 0 Å². The number of rotatable bonds is 7. The standard InChI is InChI=1S/C19H28N2O3/c1-12-5-7-15(8-6-12)11-13(2)21(4)19(24)17(14(3)22)20-18(23)16-9-10-16/h5-8,13-14,16-17,22H,9-11H2,1-4H3,(H,20,23). The number of carbonyl (C=O) groups is 2. The molecule has 2 N–H and O–H groups in total. The third kappa shape index (κ3) is 4.81. The second-order valence-electron chi connectivity index (χ2n) is 6.99. The molecule has 0 aliphatic heterocycles. The molecule has 3 unspecified atom stereocenters. The van der Waals surface area contributed by atoms with Crippen molar-refractivity contribution in [1.82, 2.24) is 10.2 Å². The van der Waals surface area contributed by atoms with E-state index < -0.39 is 12.1 Å². The van der Waals surface area contributed by atoms with E-state index in [0.29, 0.717) is 0 Å². The Kier molecular flexibility index (Phi) is 5.99. The van der Waals surface area contributed by atoms with Gasteiger partial charge in [-0.15, -0.1) is 0 Å². The lowest BCUT2D eigenvalue weighted by molar-refractivity contribution is -0.140. The van der Waals surface area contributed by atoms with Crippen molar-refractivity contribution in [2.75, 3.05) is 7.05 Å². The van der Waals surface area contributed by atoms with Crippen molar-refractivity contribution >= 4 is 11.8 Å². The molecule has 0 bridgehead atoms. The molecule has 5 heteroatoms. The molecular weight excluding hydrogens is 304 g/mol. The van der Waals surface area contributed by atoms with Crippen LogP contribution in [-0.4, -0.2) is 47.1 Å². The number of aryl methyl sites for hydroxylation is 1. The quantitative estimate of drug-likeness (QED) is 0.798. The van der Waals surface area contributed by atoms with E-state index >= 15 is 0 Å². The van der Waals surface area contributed by atoms with Crippen LogP contribution in [0.2, 0.25) is 0 Å². The number of hydrogen-bond acceptors (Lipinski definition) is 3. The van der Waals surface area contributed by atoms with Crippen molar-refractivity contribution in [1.29, 1.82) is 0 Å². The number of aliphatic hydroxyl groups is 1.